The van der Waals surface area contributed by atoms with Crippen LogP contribution in [0.25, 0.3) is 0 Å². The van der Waals surface area contributed by atoms with Crippen LogP contribution in [0.2, 0.25) is 6.04 Å². The van der Waals surface area contributed by atoms with Gasteiger partial charge in [0.05, 0.1) is 0 Å². The maximum absolute atomic E-state index is 9.03. The average molecular weight is 309 g/mol. The molecule has 0 amide bonds. The molecule has 4 nitrogen and oxygen atoms in total. The van der Waals surface area contributed by atoms with Gasteiger partial charge in [0.2, 0.25) is 0 Å². The van der Waals surface area contributed by atoms with Crippen LogP contribution in [0.4, 0.5) is 0 Å². The van der Waals surface area contributed by atoms with E-state index in [2.05, 4.69) is 6.92 Å². The van der Waals surface area contributed by atoms with E-state index < -0.39 is 8.80 Å². The number of aliphatic hydroxyl groups excluding tert-OH is 1. The zero-order valence-corrected chi connectivity index (χ0v) is 14.4. The summed E-state index contributed by atoms with van der Waals surface area (Å²) in [7, 11) is 2.58. The minimum Gasteiger partial charge on any atom is -0.502 e. The quantitative estimate of drug-likeness (QED) is 0.338. The molecule has 114 valence electrons. The van der Waals surface area contributed by atoms with Crippen molar-refractivity contribution in [1.29, 1.82) is 0 Å². The van der Waals surface area contributed by atoms with Crippen LogP contribution in [-0.4, -0.2) is 40.3 Å². The van der Waals surface area contributed by atoms with Crippen molar-refractivity contribution in [3.63, 3.8) is 0 Å². The fourth-order valence-electron chi connectivity index (χ4n) is 2.14. The Labute approximate surface area is 123 Å². The summed E-state index contributed by atoms with van der Waals surface area (Å²) < 4.78 is 16.1. The molecule has 0 aromatic heterocycles. The molecule has 0 heterocycles. The highest BCUT2D eigenvalue weighted by Gasteiger charge is 2.36. The number of hydrogen-bond donors (Lipinski definition) is 1. The summed E-state index contributed by atoms with van der Waals surface area (Å²) in [5, 5.41) is 9.16. The predicted molar refractivity (Wildman–Crippen MR) is 83.7 cm³/mol. The number of thiocarbonyl (C=S) groups is 1. The van der Waals surface area contributed by atoms with Crippen molar-refractivity contribution in [1.82, 2.24) is 0 Å². The van der Waals surface area contributed by atoms with Crippen molar-refractivity contribution in [2.24, 2.45) is 5.92 Å². The first-order chi connectivity index (χ1) is 8.99. The second-order valence-electron chi connectivity index (χ2n) is 4.95. The van der Waals surface area contributed by atoms with E-state index in [1.165, 1.54) is 12.8 Å². The smallest absolute Gasteiger partial charge is 0.500 e. The Hall–Kier alpha value is -0.0131. The van der Waals surface area contributed by atoms with Crippen molar-refractivity contribution in [2.45, 2.75) is 51.5 Å². The highest BCUT2D eigenvalue weighted by molar-refractivity contribution is 7.80. The van der Waals surface area contributed by atoms with E-state index in [4.69, 9.17) is 30.6 Å². The molecule has 0 spiro atoms. The molecule has 0 rings (SSSR count). The molecule has 1 N–H and O–H groups in total. The van der Waals surface area contributed by atoms with Gasteiger partial charge in [0.15, 0.2) is 5.05 Å². The molecule has 0 fully saturated rings. The van der Waals surface area contributed by atoms with E-state index in [-0.39, 0.29) is 5.05 Å². The number of aliphatic hydroxyl groups is 1. The summed E-state index contributed by atoms with van der Waals surface area (Å²) in [4.78, 5) is 0. The van der Waals surface area contributed by atoms with Gasteiger partial charge in [-0.15, -0.1) is 0 Å². The molecule has 0 aliphatic carbocycles. The van der Waals surface area contributed by atoms with Gasteiger partial charge in [-0.2, -0.15) is 0 Å². The lowest BCUT2D eigenvalue weighted by Gasteiger charge is -2.24. The van der Waals surface area contributed by atoms with Gasteiger partial charge in [-0.05, 0) is 24.6 Å². The lowest BCUT2D eigenvalue weighted by molar-refractivity contribution is 0.122. The Morgan fingerprint density at radius 2 is 1.58 bits per heavy atom. The summed E-state index contributed by atoms with van der Waals surface area (Å²) in [6, 6.07) is 0.868. The van der Waals surface area contributed by atoms with Crippen LogP contribution in [0.5, 0.6) is 0 Å². The van der Waals surface area contributed by atoms with Crippen molar-refractivity contribution >= 4 is 26.1 Å². The van der Waals surface area contributed by atoms with Gasteiger partial charge in [-0.3, -0.25) is 0 Å². The molecular weight excluding hydrogens is 280 g/mol. The first-order valence-corrected chi connectivity index (χ1v) is 9.21. The summed E-state index contributed by atoms with van der Waals surface area (Å²) in [6.45, 7) is 2.13. The van der Waals surface area contributed by atoms with E-state index in [1.807, 2.05) is 0 Å². The van der Waals surface area contributed by atoms with Gasteiger partial charge >= 0.3 is 8.80 Å². The minimum absolute atomic E-state index is 0.128. The summed E-state index contributed by atoms with van der Waals surface area (Å²) in [5.74, 6) is 0.475. The van der Waals surface area contributed by atoms with Gasteiger partial charge in [0, 0.05) is 33.8 Å². The second-order valence-corrected chi connectivity index (χ2v) is 8.51. The maximum atomic E-state index is 9.03. The summed E-state index contributed by atoms with van der Waals surface area (Å²) in [5.41, 5.74) is 0. The van der Waals surface area contributed by atoms with Crippen LogP contribution in [-0.2, 0) is 13.3 Å². The van der Waals surface area contributed by atoms with Crippen molar-refractivity contribution in [2.75, 3.05) is 21.3 Å². The average Bonchev–Trinajstić information content (AvgIpc) is 2.38. The molecule has 0 aliphatic heterocycles. The highest BCUT2D eigenvalue weighted by atomic mass is 32.1. The molecular formula is C13H28O4SSi. The first kappa shape index (κ1) is 19.0. The van der Waals surface area contributed by atoms with E-state index in [9.17, 15) is 0 Å². The highest BCUT2D eigenvalue weighted by Crippen LogP contribution is 2.19. The van der Waals surface area contributed by atoms with Gasteiger partial charge in [-0.1, -0.05) is 32.6 Å². The molecule has 6 heteroatoms. The van der Waals surface area contributed by atoms with Gasteiger partial charge in [-0.25, -0.2) is 0 Å². The minimum atomic E-state index is -2.37. The molecule has 0 radical (unpaired) electrons. The van der Waals surface area contributed by atoms with E-state index >= 15 is 0 Å². The molecule has 1 unspecified atom stereocenters. The molecule has 0 saturated carbocycles. The Morgan fingerprint density at radius 1 is 1.05 bits per heavy atom. The lowest BCUT2D eigenvalue weighted by Crippen LogP contribution is -2.42. The monoisotopic (exact) mass is 308 g/mol. The zero-order chi connectivity index (χ0) is 14.7. The number of rotatable bonds is 12. The van der Waals surface area contributed by atoms with Crippen molar-refractivity contribution in [3.8, 4) is 0 Å². The van der Waals surface area contributed by atoms with Crippen LogP contribution >= 0.6 is 12.2 Å². The molecule has 0 bridgehead atoms. The standard InChI is InChI=1S/C13H28O4SSi/c1-12(11-13(14)18)9-7-5-6-8-10-19(15-2,16-3)17-4/h12H,5-11H2,1-4H3,(H,14,18). The fraction of sp³-hybridized carbons (Fsp3) is 0.923. The molecule has 1 atom stereocenters. The zero-order valence-electron chi connectivity index (χ0n) is 12.6. The van der Waals surface area contributed by atoms with Crippen LogP contribution in [0.15, 0.2) is 0 Å². The normalized spacial score (nSPS) is 13.5. The second kappa shape index (κ2) is 10.7. The van der Waals surface area contributed by atoms with Gasteiger partial charge in [0.25, 0.3) is 0 Å². The predicted octanol–water partition coefficient (Wildman–Crippen LogP) is 3.73. The first-order valence-electron chi connectivity index (χ1n) is 6.87. The molecule has 19 heavy (non-hydrogen) atoms. The Morgan fingerprint density at radius 3 is 2.05 bits per heavy atom. The molecule has 0 aromatic carbocycles. The third-order valence-corrected chi connectivity index (χ3v) is 6.38. The third-order valence-electron chi connectivity index (χ3n) is 3.39. The Balaban J connectivity index is 3.62. The molecule has 0 aliphatic rings. The lowest BCUT2D eigenvalue weighted by atomic mass is 10.00. The van der Waals surface area contributed by atoms with Crippen molar-refractivity contribution < 1.29 is 18.4 Å². The van der Waals surface area contributed by atoms with Crippen LogP contribution in [0.1, 0.15) is 45.4 Å². The topological polar surface area (TPSA) is 47.9 Å². The Bertz CT molecular complexity index is 239. The van der Waals surface area contributed by atoms with E-state index in [0.29, 0.717) is 12.3 Å². The third kappa shape index (κ3) is 8.70. The SMILES string of the molecule is CO[Si](CCCCCCC(C)CC(O)=S)(OC)OC. The van der Waals surface area contributed by atoms with E-state index in [0.717, 1.165) is 25.3 Å². The maximum Gasteiger partial charge on any atom is 0.500 e. The fourth-order valence-corrected chi connectivity index (χ4v) is 4.22. The van der Waals surface area contributed by atoms with Crippen molar-refractivity contribution in [3.05, 3.63) is 0 Å². The van der Waals surface area contributed by atoms with Gasteiger partial charge in [0.1, 0.15) is 0 Å². The summed E-state index contributed by atoms with van der Waals surface area (Å²) >= 11 is 4.69. The van der Waals surface area contributed by atoms with E-state index in [1.54, 1.807) is 21.3 Å². The van der Waals surface area contributed by atoms with Crippen LogP contribution in [0, 0.1) is 5.92 Å². The molecule has 0 saturated heterocycles. The number of unbranched alkanes of at least 4 members (excludes halogenated alkanes) is 3. The summed E-state index contributed by atoms with van der Waals surface area (Å²) in [6.07, 6.45) is 6.33. The largest absolute Gasteiger partial charge is 0.502 e. The van der Waals surface area contributed by atoms with Gasteiger partial charge < -0.3 is 18.4 Å². The van der Waals surface area contributed by atoms with Crippen LogP contribution < -0.4 is 0 Å². The number of hydrogen-bond acceptors (Lipinski definition) is 4. The Kier molecular flexibility index (Phi) is 10.7. The molecule has 0 aromatic rings. The van der Waals surface area contributed by atoms with Crippen LogP contribution in [0.3, 0.4) is 0 Å².